The average Bonchev–Trinajstić information content (AvgIpc) is 3.18. The SMILES string of the molecule is COC(=O)c1ccccc1Nc1ccc(C(=O)N2CCc3ccccc32)nn1. The van der Waals surface area contributed by atoms with Crippen molar-refractivity contribution in [3.05, 3.63) is 77.5 Å². The molecule has 7 heteroatoms. The summed E-state index contributed by atoms with van der Waals surface area (Å²) in [6, 6.07) is 18.1. The Morgan fingerprint density at radius 2 is 1.79 bits per heavy atom. The maximum absolute atomic E-state index is 12.8. The normalized spacial score (nSPS) is 12.4. The smallest absolute Gasteiger partial charge is 0.339 e. The van der Waals surface area contributed by atoms with E-state index in [1.165, 1.54) is 7.11 Å². The van der Waals surface area contributed by atoms with Gasteiger partial charge in [-0.15, -0.1) is 10.2 Å². The minimum atomic E-state index is -0.449. The van der Waals surface area contributed by atoms with Gasteiger partial charge in [-0.05, 0) is 42.3 Å². The Morgan fingerprint density at radius 1 is 1.00 bits per heavy atom. The highest BCUT2D eigenvalue weighted by molar-refractivity contribution is 6.06. The number of rotatable bonds is 4. The predicted octanol–water partition coefficient (Wildman–Crippen LogP) is 3.21. The quantitative estimate of drug-likeness (QED) is 0.706. The summed E-state index contributed by atoms with van der Waals surface area (Å²) in [4.78, 5) is 26.4. The summed E-state index contributed by atoms with van der Waals surface area (Å²) < 4.78 is 4.79. The lowest BCUT2D eigenvalue weighted by atomic mass is 10.2. The third-order valence-corrected chi connectivity index (χ3v) is 4.61. The number of aromatic nitrogens is 2. The van der Waals surface area contributed by atoms with Crippen molar-refractivity contribution in [3.63, 3.8) is 0 Å². The molecule has 3 aromatic rings. The van der Waals surface area contributed by atoms with Gasteiger partial charge in [0.1, 0.15) is 0 Å². The summed E-state index contributed by atoms with van der Waals surface area (Å²) in [6.07, 6.45) is 0.833. The molecule has 140 valence electrons. The number of esters is 1. The van der Waals surface area contributed by atoms with Gasteiger partial charge in [0.15, 0.2) is 11.5 Å². The second-order valence-corrected chi connectivity index (χ2v) is 6.30. The number of carbonyl (C=O) groups excluding carboxylic acids is 2. The molecule has 4 rings (SSSR count). The van der Waals surface area contributed by atoms with Crippen LogP contribution in [0.15, 0.2) is 60.7 Å². The molecule has 7 nitrogen and oxygen atoms in total. The van der Waals surface area contributed by atoms with Gasteiger partial charge in [0.05, 0.1) is 18.4 Å². The van der Waals surface area contributed by atoms with E-state index in [9.17, 15) is 9.59 Å². The number of nitrogens with one attached hydrogen (secondary N) is 1. The summed E-state index contributed by atoms with van der Waals surface area (Å²) in [5, 5.41) is 11.2. The van der Waals surface area contributed by atoms with Crippen LogP contribution in [0.4, 0.5) is 17.2 Å². The number of ether oxygens (including phenoxy) is 1. The zero-order valence-corrected chi connectivity index (χ0v) is 15.3. The average molecular weight is 374 g/mol. The van der Waals surface area contributed by atoms with Crippen molar-refractivity contribution in [1.29, 1.82) is 0 Å². The van der Waals surface area contributed by atoms with Gasteiger partial charge in [-0.3, -0.25) is 4.79 Å². The van der Waals surface area contributed by atoms with Gasteiger partial charge in [0.2, 0.25) is 0 Å². The summed E-state index contributed by atoms with van der Waals surface area (Å²) in [7, 11) is 1.33. The van der Waals surface area contributed by atoms with Crippen LogP contribution in [0.25, 0.3) is 0 Å². The van der Waals surface area contributed by atoms with E-state index in [-0.39, 0.29) is 11.6 Å². The molecule has 0 spiro atoms. The van der Waals surface area contributed by atoms with Gasteiger partial charge in [0.25, 0.3) is 5.91 Å². The zero-order valence-electron chi connectivity index (χ0n) is 15.3. The molecule has 2 heterocycles. The van der Waals surface area contributed by atoms with Crippen LogP contribution in [0.2, 0.25) is 0 Å². The molecule has 0 radical (unpaired) electrons. The first kappa shape index (κ1) is 17.7. The number of amides is 1. The Bertz CT molecular complexity index is 1030. The van der Waals surface area contributed by atoms with Gasteiger partial charge in [0, 0.05) is 12.2 Å². The summed E-state index contributed by atoms with van der Waals surface area (Å²) in [6.45, 7) is 0.631. The number of anilines is 3. The number of hydrogen-bond acceptors (Lipinski definition) is 6. The first-order valence-electron chi connectivity index (χ1n) is 8.85. The Morgan fingerprint density at radius 3 is 2.57 bits per heavy atom. The van der Waals surface area contributed by atoms with Crippen molar-refractivity contribution in [2.75, 3.05) is 23.9 Å². The lowest BCUT2D eigenvalue weighted by Gasteiger charge is -2.16. The highest BCUT2D eigenvalue weighted by atomic mass is 16.5. The molecule has 0 aliphatic carbocycles. The summed E-state index contributed by atoms with van der Waals surface area (Å²) >= 11 is 0. The molecular formula is C21H18N4O3. The van der Waals surface area contributed by atoms with Crippen LogP contribution in [0.5, 0.6) is 0 Å². The van der Waals surface area contributed by atoms with Crippen LogP contribution in [0, 0.1) is 0 Å². The van der Waals surface area contributed by atoms with Crippen molar-refractivity contribution >= 4 is 29.1 Å². The molecule has 0 bridgehead atoms. The van der Waals surface area contributed by atoms with Crippen molar-refractivity contribution in [2.45, 2.75) is 6.42 Å². The van der Waals surface area contributed by atoms with Crippen LogP contribution in [0.1, 0.15) is 26.4 Å². The molecule has 1 amide bonds. The van der Waals surface area contributed by atoms with E-state index < -0.39 is 5.97 Å². The van der Waals surface area contributed by atoms with E-state index in [4.69, 9.17) is 4.74 Å². The third-order valence-electron chi connectivity index (χ3n) is 4.61. The minimum Gasteiger partial charge on any atom is -0.465 e. The van der Waals surface area contributed by atoms with E-state index in [0.29, 0.717) is 23.6 Å². The number of benzene rings is 2. The Kier molecular flexibility index (Phi) is 4.72. The number of fused-ring (bicyclic) bond motifs is 1. The van der Waals surface area contributed by atoms with E-state index >= 15 is 0 Å². The van der Waals surface area contributed by atoms with E-state index in [2.05, 4.69) is 15.5 Å². The van der Waals surface area contributed by atoms with Crippen LogP contribution in [-0.4, -0.2) is 35.7 Å². The standard InChI is InChI=1S/C21H18N4O3/c1-28-21(27)15-7-3-4-8-16(15)22-19-11-10-17(23-24-19)20(26)25-13-12-14-6-2-5-9-18(14)25/h2-11H,12-13H2,1H3,(H,22,24). The largest absolute Gasteiger partial charge is 0.465 e. The Balaban J connectivity index is 1.53. The molecule has 0 fully saturated rings. The second-order valence-electron chi connectivity index (χ2n) is 6.30. The molecule has 0 saturated carbocycles. The molecule has 1 aromatic heterocycles. The number of methoxy groups -OCH3 is 1. The van der Waals surface area contributed by atoms with Crippen LogP contribution in [-0.2, 0) is 11.2 Å². The highest BCUT2D eigenvalue weighted by Gasteiger charge is 2.26. The van der Waals surface area contributed by atoms with E-state index in [1.807, 2.05) is 24.3 Å². The van der Waals surface area contributed by atoms with Crippen molar-refractivity contribution in [3.8, 4) is 0 Å². The fourth-order valence-corrected chi connectivity index (χ4v) is 3.22. The fourth-order valence-electron chi connectivity index (χ4n) is 3.22. The molecule has 0 unspecified atom stereocenters. The molecule has 1 aliphatic rings. The first-order valence-corrected chi connectivity index (χ1v) is 8.85. The minimum absolute atomic E-state index is 0.182. The first-order chi connectivity index (χ1) is 13.7. The Hall–Kier alpha value is -3.74. The number of para-hydroxylation sites is 2. The molecule has 0 saturated heterocycles. The van der Waals surface area contributed by atoms with Crippen LogP contribution < -0.4 is 10.2 Å². The lowest BCUT2D eigenvalue weighted by Crippen LogP contribution is -2.29. The second kappa shape index (κ2) is 7.48. The maximum Gasteiger partial charge on any atom is 0.339 e. The highest BCUT2D eigenvalue weighted by Crippen LogP contribution is 2.28. The summed E-state index contributed by atoms with van der Waals surface area (Å²) in [5.41, 5.74) is 3.28. The van der Waals surface area contributed by atoms with Gasteiger partial charge in [-0.25, -0.2) is 4.79 Å². The van der Waals surface area contributed by atoms with Gasteiger partial charge in [-0.1, -0.05) is 30.3 Å². The van der Waals surface area contributed by atoms with Crippen molar-refractivity contribution < 1.29 is 14.3 Å². The monoisotopic (exact) mass is 374 g/mol. The lowest BCUT2D eigenvalue weighted by molar-refractivity contribution is 0.0601. The third kappa shape index (κ3) is 3.29. The number of nitrogens with zero attached hydrogens (tertiary/aromatic N) is 3. The van der Waals surface area contributed by atoms with Gasteiger partial charge >= 0.3 is 5.97 Å². The maximum atomic E-state index is 12.8. The van der Waals surface area contributed by atoms with Gasteiger partial charge in [-0.2, -0.15) is 0 Å². The van der Waals surface area contributed by atoms with E-state index in [0.717, 1.165) is 17.7 Å². The molecule has 2 aromatic carbocycles. The molecular weight excluding hydrogens is 356 g/mol. The zero-order chi connectivity index (χ0) is 19.5. The molecule has 1 N–H and O–H groups in total. The number of hydrogen-bond donors (Lipinski definition) is 1. The van der Waals surface area contributed by atoms with Crippen LogP contribution in [0.3, 0.4) is 0 Å². The molecule has 1 aliphatic heterocycles. The van der Waals surface area contributed by atoms with Crippen LogP contribution >= 0.6 is 0 Å². The van der Waals surface area contributed by atoms with E-state index in [1.54, 1.807) is 41.3 Å². The predicted molar refractivity (Wildman–Crippen MR) is 105 cm³/mol. The molecule has 28 heavy (non-hydrogen) atoms. The van der Waals surface area contributed by atoms with Crippen molar-refractivity contribution in [2.24, 2.45) is 0 Å². The topological polar surface area (TPSA) is 84.4 Å². The summed E-state index contributed by atoms with van der Waals surface area (Å²) in [5.74, 6) is -0.204. The van der Waals surface area contributed by atoms with Gasteiger partial charge < -0.3 is 15.0 Å². The fraction of sp³-hybridized carbons (Fsp3) is 0.143. The van der Waals surface area contributed by atoms with Crippen molar-refractivity contribution in [1.82, 2.24) is 10.2 Å². The molecule has 0 atom stereocenters. The number of carbonyl (C=O) groups is 2. The Labute approximate surface area is 162 Å².